The van der Waals surface area contributed by atoms with Crippen LogP contribution in [0.3, 0.4) is 0 Å². The van der Waals surface area contributed by atoms with Gasteiger partial charge in [0.25, 0.3) is 0 Å². The highest BCUT2D eigenvalue weighted by atomic mass is 32.2. The van der Waals surface area contributed by atoms with E-state index in [2.05, 4.69) is 33.9 Å². The van der Waals surface area contributed by atoms with Gasteiger partial charge in [0.05, 0.1) is 22.9 Å². The van der Waals surface area contributed by atoms with E-state index in [0.29, 0.717) is 16.6 Å². The van der Waals surface area contributed by atoms with Gasteiger partial charge in [-0.25, -0.2) is 4.79 Å². The molecule has 0 aromatic heterocycles. The minimum absolute atomic E-state index is 0.0425. The number of para-hydroxylation sites is 1. The number of nitrogens with zero attached hydrogens (tertiary/aromatic N) is 1. The number of thioether (sulfide) groups is 2. The van der Waals surface area contributed by atoms with E-state index in [-0.39, 0.29) is 34.0 Å². The van der Waals surface area contributed by atoms with Crippen LogP contribution in [-0.2, 0) is 14.0 Å². The molecule has 170 valence electrons. The lowest BCUT2D eigenvalue weighted by Crippen LogP contribution is -2.62. The van der Waals surface area contributed by atoms with Gasteiger partial charge in [-0.2, -0.15) is 0 Å². The van der Waals surface area contributed by atoms with Crippen LogP contribution in [-0.4, -0.2) is 54.0 Å². The van der Waals surface area contributed by atoms with Gasteiger partial charge in [-0.3, -0.25) is 9.69 Å². The van der Waals surface area contributed by atoms with Crippen LogP contribution < -0.4 is 4.74 Å². The number of benzene rings is 1. The Bertz CT molecular complexity index is 868. The first-order chi connectivity index (χ1) is 14.4. The molecule has 1 amide bonds. The molecule has 31 heavy (non-hydrogen) atoms. The zero-order chi connectivity index (χ0) is 23.0. The Morgan fingerprint density at radius 2 is 1.94 bits per heavy atom. The quantitative estimate of drug-likeness (QED) is 0.302. The maximum absolute atomic E-state index is 12.9. The summed E-state index contributed by atoms with van der Waals surface area (Å²) in [5.41, 5.74) is 0.0977. The molecule has 2 aliphatic rings. The van der Waals surface area contributed by atoms with Crippen molar-refractivity contribution in [1.82, 2.24) is 4.90 Å². The van der Waals surface area contributed by atoms with Gasteiger partial charge in [0.1, 0.15) is 11.1 Å². The monoisotopic (exact) mass is 481 g/mol. The molecular formula is C22H31NO5S2Si. The zero-order valence-corrected chi connectivity index (χ0v) is 21.5. The minimum Gasteiger partial charge on any atom is -0.493 e. The van der Waals surface area contributed by atoms with Crippen LogP contribution in [0.1, 0.15) is 27.7 Å². The highest BCUT2D eigenvalue weighted by molar-refractivity contribution is 8.22. The highest BCUT2D eigenvalue weighted by Crippen LogP contribution is 2.54. The summed E-state index contributed by atoms with van der Waals surface area (Å²) in [7, 11) is -2.03. The Balaban J connectivity index is 1.63. The molecule has 1 aromatic rings. The van der Waals surface area contributed by atoms with Gasteiger partial charge in [0.15, 0.2) is 14.0 Å². The lowest BCUT2D eigenvalue weighted by Gasteiger charge is -2.48. The topological polar surface area (TPSA) is 76.1 Å². The lowest BCUT2D eigenvalue weighted by atomic mass is 9.92. The largest absolute Gasteiger partial charge is 0.493 e. The van der Waals surface area contributed by atoms with Gasteiger partial charge in [0, 0.05) is 5.75 Å². The van der Waals surface area contributed by atoms with Gasteiger partial charge in [0.2, 0.25) is 5.91 Å². The predicted octanol–water partition coefficient (Wildman–Crippen LogP) is 4.99. The minimum atomic E-state index is -2.03. The molecule has 1 N–H and O–H groups in total. The third-order valence-corrected chi connectivity index (χ3v) is 13.3. The second kappa shape index (κ2) is 9.21. The number of carboxylic acid groups (broad SMARTS) is 1. The fourth-order valence-electron chi connectivity index (χ4n) is 3.36. The van der Waals surface area contributed by atoms with Crippen molar-refractivity contribution in [2.24, 2.45) is 5.92 Å². The van der Waals surface area contributed by atoms with Crippen molar-refractivity contribution in [3.63, 3.8) is 0 Å². The zero-order valence-electron chi connectivity index (χ0n) is 18.9. The molecule has 1 fully saturated rings. The number of carbonyl (C=O) groups excluding carboxylic acids is 1. The Hall–Kier alpha value is -1.42. The molecule has 0 spiro atoms. The number of carbonyl (C=O) groups is 2. The molecule has 3 rings (SSSR count). The van der Waals surface area contributed by atoms with Crippen LogP contribution in [0.4, 0.5) is 0 Å². The molecule has 0 saturated carbocycles. The van der Waals surface area contributed by atoms with Crippen molar-refractivity contribution in [2.45, 2.75) is 57.3 Å². The van der Waals surface area contributed by atoms with Crippen molar-refractivity contribution in [3.8, 4) is 5.75 Å². The number of β-lactam (4-membered cyclic amide) rings is 1. The van der Waals surface area contributed by atoms with E-state index in [1.165, 1.54) is 28.4 Å². The summed E-state index contributed by atoms with van der Waals surface area (Å²) in [6.45, 7) is 13.2. The second-order valence-electron chi connectivity index (χ2n) is 9.28. The molecule has 9 heteroatoms. The summed E-state index contributed by atoms with van der Waals surface area (Å²) in [6.07, 6.45) is -0.247. The Kier molecular flexibility index (Phi) is 7.20. The standard InChI is InChI=1S/C22H31NO5S2Si/c1-14(28-31(5,6)22(2,3)4)16-18(24)23-17(20(25)26)21(30-19(16)23)29-13-12-27-15-10-8-7-9-11-15/h7-11,14,16,19H,12-13H2,1-6H3,(H,25,26)/t14-,16+,19+/m0/s1. The van der Waals surface area contributed by atoms with E-state index in [4.69, 9.17) is 9.16 Å². The molecule has 6 nitrogen and oxygen atoms in total. The molecule has 0 bridgehead atoms. The molecular weight excluding hydrogens is 450 g/mol. The maximum Gasteiger partial charge on any atom is 0.354 e. The van der Waals surface area contributed by atoms with E-state index >= 15 is 0 Å². The van der Waals surface area contributed by atoms with E-state index in [0.717, 1.165) is 5.75 Å². The van der Waals surface area contributed by atoms with Crippen LogP contribution >= 0.6 is 23.5 Å². The number of hydrogen-bond donors (Lipinski definition) is 1. The lowest BCUT2D eigenvalue weighted by molar-refractivity contribution is -0.156. The maximum atomic E-state index is 12.9. The fourth-order valence-corrected chi connectivity index (χ4v) is 7.60. The summed E-state index contributed by atoms with van der Waals surface area (Å²) in [5, 5.41) is 9.57. The number of carboxylic acids is 1. The van der Waals surface area contributed by atoms with Gasteiger partial charge < -0.3 is 14.3 Å². The normalized spacial score (nSPS) is 22.3. The van der Waals surface area contributed by atoms with Crippen molar-refractivity contribution in [2.75, 3.05) is 12.4 Å². The number of fused-ring (bicyclic) bond motifs is 1. The average molecular weight is 482 g/mol. The van der Waals surface area contributed by atoms with Crippen LogP contribution in [0, 0.1) is 5.92 Å². The first kappa shape index (κ1) is 24.2. The Morgan fingerprint density at radius 1 is 1.29 bits per heavy atom. The van der Waals surface area contributed by atoms with Gasteiger partial charge in [-0.15, -0.1) is 11.8 Å². The second-order valence-corrected chi connectivity index (χ2v) is 16.5. The van der Waals surface area contributed by atoms with Crippen LogP contribution in [0.5, 0.6) is 5.75 Å². The Labute approximate surface area is 193 Å². The Morgan fingerprint density at radius 3 is 2.52 bits per heavy atom. The number of ether oxygens (including phenoxy) is 1. The summed E-state index contributed by atoms with van der Waals surface area (Å²) in [6, 6.07) is 9.51. The number of rotatable bonds is 9. The summed E-state index contributed by atoms with van der Waals surface area (Å²) in [5.74, 6) is -0.162. The van der Waals surface area contributed by atoms with Crippen molar-refractivity contribution < 1.29 is 23.9 Å². The van der Waals surface area contributed by atoms with Gasteiger partial charge in [-0.05, 0) is 37.2 Å². The van der Waals surface area contributed by atoms with Crippen molar-refractivity contribution in [3.05, 3.63) is 40.3 Å². The molecule has 2 heterocycles. The molecule has 1 aromatic carbocycles. The van der Waals surface area contributed by atoms with E-state index < -0.39 is 14.3 Å². The molecule has 2 aliphatic heterocycles. The predicted molar refractivity (Wildman–Crippen MR) is 129 cm³/mol. The molecule has 0 radical (unpaired) electrons. The average Bonchev–Trinajstić information content (AvgIpc) is 2.99. The van der Waals surface area contributed by atoms with Crippen LogP contribution in [0.2, 0.25) is 18.1 Å². The number of hydrogen-bond acceptors (Lipinski definition) is 6. The summed E-state index contributed by atoms with van der Waals surface area (Å²) in [4.78, 5) is 26.3. The third-order valence-electron chi connectivity index (χ3n) is 6.07. The van der Waals surface area contributed by atoms with Gasteiger partial charge >= 0.3 is 5.97 Å². The van der Waals surface area contributed by atoms with E-state index in [1.54, 1.807) is 0 Å². The summed E-state index contributed by atoms with van der Waals surface area (Å²) < 4.78 is 12.8. The van der Waals surface area contributed by atoms with Crippen molar-refractivity contribution >= 4 is 43.7 Å². The van der Waals surface area contributed by atoms with Crippen molar-refractivity contribution in [1.29, 1.82) is 0 Å². The molecule has 0 unspecified atom stereocenters. The first-order valence-electron chi connectivity index (χ1n) is 10.4. The smallest absolute Gasteiger partial charge is 0.354 e. The van der Waals surface area contributed by atoms with E-state index in [1.807, 2.05) is 37.3 Å². The number of amides is 1. The summed E-state index contributed by atoms with van der Waals surface area (Å²) >= 11 is 2.89. The molecule has 0 aliphatic carbocycles. The van der Waals surface area contributed by atoms with E-state index in [9.17, 15) is 14.7 Å². The molecule has 3 atom stereocenters. The SMILES string of the molecule is C[C@H](O[Si](C)(C)C(C)(C)C)[C@@H]1C(=O)N2C(C(=O)O)=C(SCCOc3ccccc3)S[C@H]12. The van der Waals surface area contributed by atoms with Crippen LogP contribution in [0.15, 0.2) is 40.3 Å². The highest BCUT2D eigenvalue weighted by Gasteiger charge is 2.59. The third kappa shape index (κ3) is 4.99. The fraction of sp³-hybridized carbons (Fsp3) is 0.545. The van der Waals surface area contributed by atoms with Crippen LogP contribution in [0.25, 0.3) is 0 Å². The molecule has 1 saturated heterocycles. The number of aliphatic carboxylic acids is 1. The first-order valence-corrected chi connectivity index (χ1v) is 15.2. The van der Waals surface area contributed by atoms with Gasteiger partial charge in [-0.1, -0.05) is 50.7 Å².